The number of piperidine rings is 1. The molecule has 26 heavy (non-hydrogen) atoms. The summed E-state index contributed by atoms with van der Waals surface area (Å²) in [5.41, 5.74) is 0.726. The minimum atomic E-state index is -3.95. The maximum atomic E-state index is 12.4. The van der Waals surface area contributed by atoms with Crippen molar-refractivity contribution in [3.63, 3.8) is 0 Å². The molecule has 0 atom stereocenters. The van der Waals surface area contributed by atoms with Gasteiger partial charge in [0.15, 0.2) is 0 Å². The van der Waals surface area contributed by atoms with Crippen LogP contribution in [0.25, 0.3) is 0 Å². The van der Waals surface area contributed by atoms with E-state index in [1.165, 1.54) is 18.2 Å². The van der Waals surface area contributed by atoms with E-state index in [2.05, 4.69) is 4.72 Å². The van der Waals surface area contributed by atoms with Gasteiger partial charge in [0, 0.05) is 36.5 Å². The highest BCUT2D eigenvalue weighted by Gasteiger charge is 2.20. The number of rotatable bonds is 5. The number of carbonyl (C=O) groups excluding carboxylic acids is 1. The number of nitrogens with zero attached hydrogens (tertiary/aromatic N) is 2. The summed E-state index contributed by atoms with van der Waals surface area (Å²) in [7, 11) is -3.95. The molecule has 1 aliphatic rings. The first kappa shape index (κ1) is 17.9. The maximum absolute atomic E-state index is 12.4. The summed E-state index contributed by atoms with van der Waals surface area (Å²) in [5.74, 6) is 0.0566. The topological polar surface area (TPSA) is 110 Å². The van der Waals surface area contributed by atoms with Crippen LogP contribution in [0.2, 0.25) is 0 Å². The molecule has 0 bridgehead atoms. The Labute approximate surface area is 150 Å². The van der Waals surface area contributed by atoms with E-state index < -0.39 is 14.9 Å². The third kappa shape index (κ3) is 3.83. The summed E-state index contributed by atoms with van der Waals surface area (Å²) < 4.78 is 27.2. The lowest BCUT2D eigenvalue weighted by Gasteiger charge is -2.26. The molecule has 1 heterocycles. The Bertz CT molecular complexity index is 941. The molecular formula is C17H17N3O5S. The number of nitro groups is 1. The Morgan fingerprint density at radius 1 is 1.08 bits per heavy atom. The van der Waals surface area contributed by atoms with Crippen molar-refractivity contribution in [2.75, 3.05) is 16.2 Å². The first-order valence-electron chi connectivity index (χ1n) is 8.04. The van der Waals surface area contributed by atoms with Gasteiger partial charge in [0.25, 0.3) is 15.7 Å². The van der Waals surface area contributed by atoms with Crippen LogP contribution in [0.3, 0.4) is 0 Å². The van der Waals surface area contributed by atoms with E-state index in [9.17, 15) is 23.3 Å². The van der Waals surface area contributed by atoms with E-state index >= 15 is 0 Å². The minimum absolute atomic E-state index is 0.0566. The van der Waals surface area contributed by atoms with Gasteiger partial charge in [-0.3, -0.25) is 19.6 Å². The molecule has 0 spiro atoms. The van der Waals surface area contributed by atoms with Crippen molar-refractivity contribution in [1.29, 1.82) is 0 Å². The molecule has 1 N–H and O–H groups in total. The number of hydrogen-bond donors (Lipinski definition) is 1. The molecule has 136 valence electrons. The van der Waals surface area contributed by atoms with Crippen molar-refractivity contribution >= 4 is 33.0 Å². The van der Waals surface area contributed by atoms with Crippen molar-refractivity contribution in [2.24, 2.45) is 0 Å². The van der Waals surface area contributed by atoms with Crippen LogP contribution in [0.1, 0.15) is 19.3 Å². The van der Waals surface area contributed by atoms with E-state index in [1.54, 1.807) is 29.2 Å². The number of nitrogens with one attached hydrogen (secondary N) is 1. The molecule has 1 fully saturated rings. The van der Waals surface area contributed by atoms with Crippen LogP contribution in [0.5, 0.6) is 0 Å². The molecule has 0 aliphatic carbocycles. The van der Waals surface area contributed by atoms with E-state index in [4.69, 9.17) is 0 Å². The lowest BCUT2D eigenvalue weighted by Crippen LogP contribution is -2.35. The van der Waals surface area contributed by atoms with Crippen molar-refractivity contribution in [2.45, 2.75) is 24.2 Å². The van der Waals surface area contributed by atoms with Gasteiger partial charge in [0.1, 0.15) is 0 Å². The smallest absolute Gasteiger partial charge is 0.270 e. The molecule has 9 heteroatoms. The van der Waals surface area contributed by atoms with Gasteiger partial charge < -0.3 is 4.90 Å². The lowest BCUT2D eigenvalue weighted by atomic mass is 10.1. The number of amides is 1. The fraction of sp³-hybridized carbons (Fsp3) is 0.235. The molecular weight excluding hydrogens is 358 g/mol. The van der Waals surface area contributed by atoms with Crippen molar-refractivity contribution < 1.29 is 18.1 Å². The van der Waals surface area contributed by atoms with Gasteiger partial charge in [0.05, 0.1) is 9.82 Å². The highest BCUT2D eigenvalue weighted by Crippen LogP contribution is 2.25. The summed E-state index contributed by atoms with van der Waals surface area (Å²) in [6, 6.07) is 11.3. The van der Waals surface area contributed by atoms with Gasteiger partial charge in [0.2, 0.25) is 5.91 Å². The monoisotopic (exact) mass is 375 g/mol. The Morgan fingerprint density at radius 2 is 1.81 bits per heavy atom. The van der Waals surface area contributed by atoms with Crippen LogP contribution in [-0.4, -0.2) is 25.8 Å². The number of carbonyl (C=O) groups is 1. The third-order valence-corrected chi connectivity index (χ3v) is 5.47. The van der Waals surface area contributed by atoms with Gasteiger partial charge in [-0.15, -0.1) is 0 Å². The molecule has 2 aromatic carbocycles. The van der Waals surface area contributed by atoms with Crippen molar-refractivity contribution in [3.05, 3.63) is 58.6 Å². The van der Waals surface area contributed by atoms with Crippen LogP contribution < -0.4 is 9.62 Å². The Morgan fingerprint density at radius 3 is 2.46 bits per heavy atom. The normalized spacial score (nSPS) is 14.9. The number of benzene rings is 2. The molecule has 1 amide bonds. The molecule has 0 radical (unpaired) electrons. The molecule has 1 saturated heterocycles. The van der Waals surface area contributed by atoms with Gasteiger partial charge >= 0.3 is 0 Å². The average molecular weight is 375 g/mol. The van der Waals surface area contributed by atoms with E-state index in [0.29, 0.717) is 24.3 Å². The first-order chi connectivity index (χ1) is 12.4. The number of non-ortho nitro benzene ring substituents is 1. The zero-order chi connectivity index (χ0) is 18.7. The Hall–Kier alpha value is -2.94. The quantitative estimate of drug-likeness (QED) is 0.638. The van der Waals surface area contributed by atoms with Crippen LogP contribution in [0, 0.1) is 10.1 Å². The molecule has 2 aromatic rings. The SMILES string of the molecule is O=C1CCCCN1c1ccc(NS(=O)(=O)c2cccc([N+](=O)[O-])c2)cc1. The second-order valence-electron chi connectivity index (χ2n) is 5.91. The van der Waals surface area contributed by atoms with Crippen LogP contribution in [0.4, 0.5) is 17.1 Å². The zero-order valence-corrected chi connectivity index (χ0v) is 14.6. The van der Waals surface area contributed by atoms with Crippen LogP contribution in [-0.2, 0) is 14.8 Å². The van der Waals surface area contributed by atoms with Crippen molar-refractivity contribution in [1.82, 2.24) is 0 Å². The molecule has 0 unspecified atom stereocenters. The number of anilines is 2. The Kier molecular flexibility index (Phi) is 4.90. The largest absolute Gasteiger partial charge is 0.312 e. The van der Waals surface area contributed by atoms with E-state index in [0.717, 1.165) is 18.9 Å². The predicted octanol–water partition coefficient (Wildman–Crippen LogP) is 2.91. The fourth-order valence-corrected chi connectivity index (χ4v) is 3.86. The first-order valence-corrected chi connectivity index (χ1v) is 9.53. The average Bonchev–Trinajstić information content (AvgIpc) is 2.63. The lowest BCUT2D eigenvalue weighted by molar-refractivity contribution is -0.385. The van der Waals surface area contributed by atoms with Gasteiger partial charge in [-0.1, -0.05) is 6.07 Å². The minimum Gasteiger partial charge on any atom is -0.312 e. The zero-order valence-electron chi connectivity index (χ0n) is 13.8. The van der Waals surface area contributed by atoms with Crippen LogP contribution in [0.15, 0.2) is 53.4 Å². The van der Waals surface area contributed by atoms with Crippen LogP contribution >= 0.6 is 0 Å². The second-order valence-corrected chi connectivity index (χ2v) is 7.59. The third-order valence-electron chi connectivity index (χ3n) is 4.09. The molecule has 0 saturated carbocycles. The van der Waals surface area contributed by atoms with E-state index in [1.807, 2.05) is 0 Å². The highest BCUT2D eigenvalue weighted by molar-refractivity contribution is 7.92. The highest BCUT2D eigenvalue weighted by atomic mass is 32.2. The number of nitro benzene ring substituents is 1. The van der Waals surface area contributed by atoms with Gasteiger partial charge in [-0.2, -0.15) is 0 Å². The van der Waals surface area contributed by atoms with E-state index in [-0.39, 0.29) is 16.5 Å². The predicted molar refractivity (Wildman–Crippen MR) is 96.6 cm³/mol. The Balaban J connectivity index is 1.79. The second kappa shape index (κ2) is 7.12. The van der Waals surface area contributed by atoms with Crippen molar-refractivity contribution in [3.8, 4) is 0 Å². The molecule has 0 aromatic heterocycles. The summed E-state index contributed by atoms with van der Waals surface area (Å²) in [4.78, 5) is 23.6. The number of sulfonamides is 1. The number of hydrogen-bond acceptors (Lipinski definition) is 5. The standard InChI is InChI=1S/C17H17N3O5S/c21-17-6-1-2-11-19(17)14-9-7-13(8-10-14)18-26(24,25)16-5-3-4-15(12-16)20(22)23/h3-5,7-10,12,18H,1-2,6,11H2. The molecule has 8 nitrogen and oxygen atoms in total. The summed E-state index contributed by atoms with van der Waals surface area (Å²) in [6.07, 6.45) is 2.34. The summed E-state index contributed by atoms with van der Waals surface area (Å²) in [5, 5.41) is 10.8. The van der Waals surface area contributed by atoms with Gasteiger partial charge in [-0.25, -0.2) is 8.42 Å². The van der Waals surface area contributed by atoms with Gasteiger partial charge in [-0.05, 0) is 43.2 Å². The summed E-state index contributed by atoms with van der Waals surface area (Å²) in [6.45, 7) is 0.650. The maximum Gasteiger partial charge on any atom is 0.270 e. The molecule has 1 aliphatic heterocycles. The summed E-state index contributed by atoms with van der Waals surface area (Å²) >= 11 is 0. The fourth-order valence-electron chi connectivity index (χ4n) is 2.77. The molecule has 3 rings (SSSR count).